The van der Waals surface area contributed by atoms with Crippen LogP contribution in [-0.2, 0) is 28.6 Å². The average Bonchev–Trinajstić information content (AvgIpc) is 2.45. The van der Waals surface area contributed by atoms with Crippen molar-refractivity contribution in [1.82, 2.24) is 5.48 Å². The van der Waals surface area contributed by atoms with Crippen LogP contribution < -0.4 is 11.2 Å². The molecule has 0 aliphatic heterocycles. The van der Waals surface area contributed by atoms with E-state index in [1.165, 1.54) is 13.8 Å². The fraction of sp³-hybridized carbons (Fsp3) is 0.929. The zero-order valence-electron chi connectivity index (χ0n) is 14.0. The Bertz CT molecular complexity index is 285. The van der Waals surface area contributed by atoms with Gasteiger partial charge in [0.1, 0.15) is 0 Å². The molecule has 23 heavy (non-hydrogen) atoms. The monoisotopic (exact) mass is 338 g/mol. The molecule has 0 bridgehead atoms. The molecule has 0 aliphatic rings. The quantitative estimate of drug-likeness (QED) is 0.179. The van der Waals surface area contributed by atoms with Crippen molar-refractivity contribution in [1.29, 1.82) is 0 Å². The van der Waals surface area contributed by atoms with Crippen molar-refractivity contribution in [3.8, 4) is 0 Å². The largest absolute Gasteiger partial charge is 0.379 e. The number of primary amides is 1. The summed E-state index contributed by atoms with van der Waals surface area (Å²) in [5, 5.41) is 9.26. The number of carbonyl (C=O) groups excluding carboxylic acids is 1. The lowest BCUT2D eigenvalue weighted by atomic mass is 10.4. The molecule has 0 heterocycles. The van der Waals surface area contributed by atoms with Gasteiger partial charge in [0, 0.05) is 13.0 Å². The summed E-state index contributed by atoms with van der Waals surface area (Å²) in [6, 6.07) is 0. The van der Waals surface area contributed by atoms with Gasteiger partial charge in [-0.25, -0.2) is 0 Å². The van der Waals surface area contributed by atoms with Gasteiger partial charge in [-0.2, -0.15) is 5.48 Å². The van der Waals surface area contributed by atoms with Crippen LogP contribution in [0.15, 0.2) is 0 Å². The Hall–Kier alpha value is -0.810. The summed E-state index contributed by atoms with van der Waals surface area (Å²) < 4.78 is 21.0. The van der Waals surface area contributed by atoms with Crippen LogP contribution in [0.4, 0.5) is 0 Å². The fourth-order valence-corrected chi connectivity index (χ4v) is 1.28. The normalized spacial score (nSPS) is 11.8. The standard InChI is InChI=1S/C14H30N2O7/c1-14(2,18)23-16-4-6-20-8-10-22-12-11-21-9-7-19-5-3-13(15)17/h16,18H,3-12H2,1-2H3,(H2,15,17). The van der Waals surface area contributed by atoms with Crippen molar-refractivity contribution >= 4 is 5.91 Å². The van der Waals surface area contributed by atoms with Crippen LogP contribution in [-0.4, -0.2) is 76.2 Å². The van der Waals surface area contributed by atoms with Gasteiger partial charge in [0.05, 0.1) is 52.9 Å². The van der Waals surface area contributed by atoms with E-state index in [1.54, 1.807) is 0 Å². The van der Waals surface area contributed by atoms with Crippen LogP contribution in [0.3, 0.4) is 0 Å². The fourth-order valence-electron chi connectivity index (χ4n) is 1.28. The third-order valence-electron chi connectivity index (χ3n) is 2.28. The minimum atomic E-state index is -1.20. The number of hydrogen-bond donors (Lipinski definition) is 3. The molecule has 1 amide bonds. The highest BCUT2D eigenvalue weighted by Crippen LogP contribution is 1.98. The van der Waals surface area contributed by atoms with Crippen LogP contribution in [0.5, 0.6) is 0 Å². The van der Waals surface area contributed by atoms with Crippen LogP contribution >= 0.6 is 0 Å². The van der Waals surface area contributed by atoms with Crippen molar-refractivity contribution in [3.05, 3.63) is 0 Å². The minimum absolute atomic E-state index is 0.225. The highest BCUT2D eigenvalue weighted by molar-refractivity contribution is 5.73. The Kier molecular flexibility index (Phi) is 14.2. The lowest BCUT2D eigenvalue weighted by molar-refractivity contribution is -0.216. The van der Waals surface area contributed by atoms with Gasteiger partial charge in [0.15, 0.2) is 5.79 Å². The number of nitrogens with one attached hydrogen (secondary N) is 1. The summed E-state index contributed by atoms with van der Waals surface area (Å²) in [6.07, 6.45) is 0.225. The summed E-state index contributed by atoms with van der Waals surface area (Å²) in [5.41, 5.74) is 7.57. The first-order valence-corrected chi connectivity index (χ1v) is 7.64. The molecule has 0 fully saturated rings. The Labute approximate surface area is 137 Å². The maximum atomic E-state index is 10.4. The van der Waals surface area contributed by atoms with Crippen molar-refractivity contribution in [2.24, 2.45) is 5.73 Å². The molecule has 0 aromatic rings. The van der Waals surface area contributed by atoms with E-state index < -0.39 is 5.79 Å². The highest BCUT2D eigenvalue weighted by Gasteiger charge is 2.11. The molecule has 138 valence electrons. The molecule has 0 atom stereocenters. The second kappa shape index (κ2) is 14.8. The van der Waals surface area contributed by atoms with Crippen molar-refractivity contribution < 1.29 is 33.7 Å². The van der Waals surface area contributed by atoms with Crippen molar-refractivity contribution in [3.63, 3.8) is 0 Å². The van der Waals surface area contributed by atoms with Crippen LogP contribution in [0.1, 0.15) is 20.3 Å². The number of hydroxylamine groups is 1. The lowest BCUT2D eigenvalue weighted by Crippen LogP contribution is -2.33. The molecule has 0 rings (SSSR count). The van der Waals surface area contributed by atoms with Gasteiger partial charge in [-0.15, -0.1) is 0 Å². The smallest absolute Gasteiger partial charge is 0.219 e. The summed E-state index contributed by atoms with van der Waals surface area (Å²) in [4.78, 5) is 15.3. The van der Waals surface area contributed by atoms with E-state index >= 15 is 0 Å². The Morgan fingerprint density at radius 2 is 1.35 bits per heavy atom. The summed E-state index contributed by atoms with van der Waals surface area (Å²) >= 11 is 0. The molecule has 0 spiro atoms. The van der Waals surface area contributed by atoms with E-state index in [9.17, 15) is 9.90 Å². The molecular weight excluding hydrogens is 308 g/mol. The Morgan fingerprint density at radius 1 is 0.913 bits per heavy atom. The second-order valence-electron chi connectivity index (χ2n) is 5.11. The maximum absolute atomic E-state index is 10.4. The van der Waals surface area contributed by atoms with E-state index in [0.717, 1.165) is 0 Å². The zero-order valence-corrected chi connectivity index (χ0v) is 14.0. The molecule has 9 heteroatoms. The number of rotatable bonds is 17. The van der Waals surface area contributed by atoms with Crippen molar-refractivity contribution in [2.45, 2.75) is 26.1 Å². The molecule has 0 aliphatic carbocycles. The van der Waals surface area contributed by atoms with Gasteiger partial charge in [0.25, 0.3) is 0 Å². The minimum Gasteiger partial charge on any atom is -0.379 e. The third-order valence-corrected chi connectivity index (χ3v) is 2.28. The molecule has 4 N–H and O–H groups in total. The topological polar surface area (TPSA) is 122 Å². The molecule has 0 aromatic carbocycles. The number of hydrogen-bond acceptors (Lipinski definition) is 8. The predicted molar refractivity (Wildman–Crippen MR) is 82.5 cm³/mol. The molecule has 0 unspecified atom stereocenters. The van der Waals surface area contributed by atoms with Crippen LogP contribution in [0, 0.1) is 0 Å². The molecule has 0 saturated carbocycles. The average molecular weight is 338 g/mol. The van der Waals surface area contributed by atoms with Gasteiger partial charge >= 0.3 is 0 Å². The first-order valence-electron chi connectivity index (χ1n) is 7.64. The Morgan fingerprint density at radius 3 is 1.78 bits per heavy atom. The lowest BCUT2D eigenvalue weighted by Gasteiger charge is -2.17. The molecule has 0 radical (unpaired) electrons. The molecule has 0 aromatic heterocycles. The number of nitrogens with two attached hydrogens (primary N) is 1. The van der Waals surface area contributed by atoms with E-state index in [2.05, 4.69) is 5.48 Å². The van der Waals surface area contributed by atoms with Gasteiger partial charge in [-0.1, -0.05) is 0 Å². The maximum Gasteiger partial charge on any atom is 0.219 e. The van der Waals surface area contributed by atoms with Gasteiger partial charge in [-0.05, 0) is 13.8 Å². The van der Waals surface area contributed by atoms with Crippen LogP contribution in [0.2, 0.25) is 0 Å². The van der Waals surface area contributed by atoms with E-state index in [4.69, 9.17) is 29.5 Å². The SMILES string of the molecule is CC(C)(O)ONCCOCCOCCOCCOCCC(N)=O. The number of carbonyl (C=O) groups is 1. The van der Waals surface area contributed by atoms with Gasteiger partial charge < -0.3 is 29.8 Å². The van der Waals surface area contributed by atoms with Crippen molar-refractivity contribution in [2.75, 3.05) is 59.4 Å². The summed E-state index contributed by atoms with van der Waals surface area (Å²) in [7, 11) is 0. The molecule has 0 saturated heterocycles. The predicted octanol–water partition coefficient (Wildman–Crippen LogP) is -0.822. The second-order valence-corrected chi connectivity index (χ2v) is 5.11. The van der Waals surface area contributed by atoms with Gasteiger partial charge in [-0.3, -0.25) is 9.63 Å². The molecule has 9 nitrogen and oxygen atoms in total. The first kappa shape index (κ1) is 22.2. The number of ether oxygens (including phenoxy) is 4. The zero-order chi connectivity index (χ0) is 17.4. The first-order chi connectivity index (χ1) is 10.9. The van der Waals surface area contributed by atoms with Gasteiger partial charge in [0.2, 0.25) is 5.91 Å². The van der Waals surface area contributed by atoms with E-state index in [0.29, 0.717) is 59.4 Å². The number of aliphatic hydroxyl groups is 1. The van der Waals surface area contributed by atoms with E-state index in [1.807, 2.05) is 0 Å². The highest BCUT2D eigenvalue weighted by atomic mass is 16.7. The van der Waals surface area contributed by atoms with Crippen LogP contribution in [0.25, 0.3) is 0 Å². The summed E-state index contributed by atoms with van der Waals surface area (Å²) in [6.45, 7) is 7.09. The summed E-state index contributed by atoms with van der Waals surface area (Å²) in [5.74, 6) is -1.57. The Balaban J connectivity index is 3.04. The third kappa shape index (κ3) is 21.2. The van der Waals surface area contributed by atoms with E-state index in [-0.39, 0.29) is 12.3 Å². The molecular formula is C14H30N2O7. The number of amides is 1.